The summed E-state index contributed by atoms with van der Waals surface area (Å²) in [7, 11) is 0. The minimum Gasteiger partial charge on any atom is -0.480 e. The van der Waals surface area contributed by atoms with Gasteiger partial charge in [-0.05, 0) is 55.5 Å². The number of hydrogen-bond acceptors (Lipinski definition) is 6. The van der Waals surface area contributed by atoms with E-state index in [4.69, 9.17) is 5.11 Å². The Hall–Kier alpha value is -3.00. The van der Waals surface area contributed by atoms with Crippen molar-refractivity contribution < 1.29 is 14.7 Å². The molecule has 0 spiro atoms. The Kier molecular flexibility index (Phi) is 4.72. The van der Waals surface area contributed by atoms with Gasteiger partial charge in [-0.2, -0.15) is 0 Å². The van der Waals surface area contributed by atoms with E-state index < -0.39 is 18.4 Å². The molecule has 27 heavy (non-hydrogen) atoms. The third-order valence-corrected chi connectivity index (χ3v) is 5.76. The zero-order valence-electron chi connectivity index (χ0n) is 14.5. The molecular weight excluding hydrogens is 364 g/mol. The number of carbonyl (C=O) groups is 2. The summed E-state index contributed by atoms with van der Waals surface area (Å²) in [6.07, 6.45) is 6.14. The SMILES string of the molecule is O=C(O)CNC(=O)c1ccc(Nc2ncnc3sc4c(c23)CCCC4)cc1. The van der Waals surface area contributed by atoms with Crippen molar-refractivity contribution in [3.05, 3.63) is 46.6 Å². The first-order valence-electron chi connectivity index (χ1n) is 8.74. The number of nitrogens with one attached hydrogen (secondary N) is 2. The highest BCUT2D eigenvalue weighted by Gasteiger charge is 2.20. The smallest absolute Gasteiger partial charge is 0.322 e. The third-order valence-electron chi connectivity index (χ3n) is 4.56. The summed E-state index contributed by atoms with van der Waals surface area (Å²) in [4.78, 5) is 33.7. The molecule has 2 heterocycles. The number of fused-ring (bicyclic) bond motifs is 3. The van der Waals surface area contributed by atoms with Crippen molar-refractivity contribution in [1.82, 2.24) is 15.3 Å². The lowest BCUT2D eigenvalue weighted by atomic mass is 9.97. The number of anilines is 2. The first-order valence-corrected chi connectivity index (χ1v) is 9.56. The molecule has 1 aliphatic carbocycles. The van der Waals surface area contributed by atoms with E-state index in [0.717, 1.165) is 34.6 Å². The summed E-state index contributed by atoms with van der Waals surface area (Å²) in [5.41, 5.74) is 2.57. The summed E-state index contributed by atoms with van der Waals surface area (Å²) in [6.45, 7) is -0.402. The second-order valence-corrected chi connectivity index (χ2v) is 7.48. The van der Waals surface area contributed by atoms with Crippen molar-refractivity contribution in [3.63, 3.8) is 0 Å². The predicted molar refractivity (Wildman–Crippen MR) is 104 cm³/mol. The number of aliphatic carboxylic acids is 1. The second kappa shape index (κ2) is 7.32. The van der Waals surface area contributed by atoms with Crippen LogP contribution < -0.4 is 10.6 Å². The fourth-order valence-corrected chi connectivity index (χ4v) is 4.51. The number of carboxylic acids is 1. The molecule has 1 aliphatic rings. The van der Waals surface area contributed by atoms with E-state index in [0.29, 0.717) is 5.56 Å². The van der Waals surface area contributed by atoms with Gasteiger partial charge in [0, 0.05) is 16.1 Å². The molecule has 1 amide bonds. The second-order valence-electron chi connectivity index (χ2n) is 6.39. The molecule has 0 saturated carbocycles. The van der Waals surface area contributed by atoms with E-state index in [1.54, 1.807) is 41.9 Å². The summed E-state index contributed by atoms with van der Waals surface area (Å²) in [6, 6.07) is 6.87. The van der Waals surface area contributed by atoms with Crippen molar-refractivity contribution in [3.8, 4) is 0 Å². The van der Waals surface area contributed by atoms with Gasteiger partial charge in [-0.15, -0.1) is 11.3 Å². The molecule has 138 valence electrons. The monoisotopic (exact) mass is 382 g/mol. The summed E-state index contributed by atoms with van der Waals surface area (Å²) < 4.78 is 0. The van der Waals surface area contributed by atoms with Crippen LogP contribution in [0.2, 0.25) is 0 Å². The molecule has 0 bridgehead atoms. The number of benzene rings is 1. The van der Waals surface area contributed by atoms with Crippen molar-refractivity contribution in [1.29, 1.82) is 0 Å². The van der Waals surface area contributed by atoms with E-state index in [1.165, 1.54) is 23.3 Å². The zero-order valence-corrected chi connectivity index (χ0v) is 15.3. The number of nitrogens with zero attached hydrogens (tertiary/aromatic N) is 2. The fourth-order valence-electron chi connectivity index (χ4n) is 3.28. The molecule has 3 N–H and O–H groups in total. The molecule has 3 aromatic rings. The number of aromatic nitrogens is 2. The van der Waals surface area contributed by atoms with Crippen LogP contribution in [0.5, 0.6) is 0 Å². The lowest BCUT2D eigenvalue weighted by Gasteiger charge is -2.12. The highest BCUT2D eigenvalue weighted by molar-refractivity contribution is 7.19. The van der Waals surface area contributed by atoms with Crippen LogP contribution in [0.15, 0.2) is 30.6 Å². The Labute approximate surface area is 159 Å². The standard InChI is InChI=1S/C19H18N4O3S/c24-15(25)9-20-18(26)11-5-7-12(8-6-11)23-17-16-13-3-1-2-4-14(13)27-19(16)22-10-21-17/h5-8,10H,1-4,9H2,(H,20,26)(H,24,25)(H,21,22,23). The van der Waals surface area contributed by atoms with Crippen LogP contribution in [0.3, 0.4) is 0 Å². The third kappa shape index (κ3) is 3.61. The largest absolute Gasteiger partial charge is 0.480 e. The highest BCUT2D eigenvalue weighted by Crippen LogP contribution is 2.38. The number of thiophene rings is 1. The molecule has 2 aromatic heterocycles. The number of carboxylic acid groups (broad SMARTS) is 1. The van der Waals surface area contributed by atoms with E-state index in [-0.39, 0.29) is 0 Å². The number of carbonyl (C=O) groups excluding carboxylic acids is 1. The van der Waals surface area contributed by atoms with Crippen molar-refractivity contribution >= 4 is 44.9 Å². The average Bonchev–Trinajstić information content (AvgIpc) is 3.06. The lowest BCUT2D eigenvalue weighted by Crippen LogP contribution is -2.29. The van der Waals surface area contributed by atoms with Crippen molar-refractivity contribution in [2.45, 2.75) is 25.7 Å². The Morgan fingerprint density at radius 3 is 2.67 bits per heavy atom. The Bertz CT molecular complexity index is 1010. The van der Waals surface area contributed by atoms with Crippen LogP contribution in [0.4, 0.5) is 11.5 Å². The van der Waals surface area contributed by atoms with Crippen LogP contribution in [-0.2, 0) is 17.6 Å². The van der Waals surface area contributed by atoms with Gasteiger partial charge in [0.05, 0.1) is 5.39 Å². The Morgan fingerprint density at radius 1 is 1.11 bits per heavy atom. The topological polar surface area (TPSA) is 104 Å². The van der Waals surface area contributed by atoms with Gasteiger partial charge < -0.3 is 15.7 Å². The van der Waals surface area contributed by atoms with Crippen LogP contribution in [-0.4, -0.2) is 33.5 Å². The zero-order chi connectivity index (χ0) is 18.8. The van der Waals surface area contributed by atoms with Gasteiger partial charge in [-0.3, -0.25) is 9.59 Å². The molecule has 0 saturated heterocycles. The van der Waals surface area contributed by atoms with Gasteiger partial charge in [-0.25, -0.2) is 9.97 Å². The predicted octanol–water partition coefficient (Wildman–Crippen LogP) is 3.13. The maximum Gasteiger partial charge on any atom is 0.322 e. The number of amides is 1. The minimum atomic E-state index is -1.08. The Balaban J connectivity index is 1.57. The number of rotatable bonds is 5. The number of hydrogen-bond donors (Lipinski definition) is 3. The average molecular weight is 382 g/mol. The van der Waals surface area contributed by atoms with Gasteiger partial charge in [0.2, 0.25) is 0 Å². The molecular formula is C19H18N4O3S. The highest BCUT2D eigenvalue weighted by atomic mass is 32.1. The van der Waals surface area contributed by atoms with Gasteiger partial charge in [0.1, 0.15) is 23.5 Å². The maximum atomic E-state index is 11.9. The first-order chi connectivity index (χ1) is 13.1. The van der Waals surface area contributed by atoms with Crippen LogP contribution in [0.25, 0.3) is 10.2 Å². The normalized spacial score (nSPS) is 13.2. The van der Waals surface area contributed by atoms with Gasteiger partial charge >= 0.3 is 5.97 Å². The molecule has 8 heteroatoms. The van der Waals surface area contributed by atoms with Crippen molar-refractivity contribution in [2.24, 2.45) is 0 Å². The molecule has 7 nitrogen and oxygen atoms in total. The van der Waals surface area contributed by atoms with Gasteiger partial charge in [-0.1, -0.05) is 0 Å². The molecule has 0 radical (unpaired) electrons. The van der Waals surface area contributed by atoms with Crippen LogP contribution in [0.1, 0.15) is 33.6 Å². The van der Waals surface area contributed by atoms with Gasteiger partial charge in [0.15, 0.2) is 0 Å². The quantitative estimate of drug-likeness (QED) is 0.626. The molecule has 0 aliphatic heterocycles. The van der Waals surface area contributed by atoms with Crippen LogP contribution >= 0.6 is 11.3 Å². The Morgan fingerprint density at radius 2 is 1.89 bits per heavy atom. The van der Waals surface area contributed by atoms with E-state index in [9.17, 15) is 9.59 Å². The summed E-state index contributed by atoms with van der Waals surface area (Å²) in [5.74, 6) is -0.712. The number of aryl methyl sites for hydroxylation is 2. The minimum absolute atomic E-state index is 0.402. The van der Waals surface area contributed by atoms with Crippen molar-refractivity contribution in [2.75, 3.05) is 11.9 Å². The molecule has 1 aromatic carbocycles. The van der Waals surface area contributed by atoms with Crippen LogP contribution in [0, 0.1) is 0 Å². The summed E-state index contributed by atoms with van der Waals surface area (Å²) in [5, 5.41) is 15.4. The fraction of sp³-hybridized carbons (Fsp3) is 0.263. The van der Waals surface area contributed by atoms with Gasteiger partial charge in [0.25, 0.3) is 5.91 Å². The molecule has 0 unspecified atom stereocenters. The van der Waals surface area contributed by atoms with E-state index in [1.807, 2.05) is 0 Å². The molecule has 0 atom stereocenters. The molecule has 4 rings (SSSR count). The molecule has 0 fully saturated rings. The summed E-state index contributed by atoms with van der Waals surface area (Å²) >= 11 is 1.75. The maximum absolute atomic E-state index is 11.9. The van der Waals surface area contributed by atoms with E-state index >= 15 is 0 Å². The van der Waals surface area contributed by atoms with E-state index in [2.05, 4.69) is 20.6 Å². The lowest BCUT2D eigenvalue weighted by molar-refractivity contribution is -0.135. The first kappa shape index (κ1) is 17.4.